The van der Waals surface area contributed by atoms with Crippen molar-refractivity contribution in [3.63, 3.8) is 0 Å². The van der Waals surface area contributed by atoms with Gasteiger partial charge in [0.2, 0.25) is 0 Å². The summed E-state index contributed by atoms with van der Waals surface area (Å²) < 4.78 is 0. The number of nitrogens with zero attached hydrogens (tertiary/aromatic N) is 2. The Hall–Kier alpha value is -0.120. The first-order valence-electron chi connectivity index (χ1n) is 6.04. The lowest BCUT2D eigenvalue weighted by Crippen LogP contribution is -2.52. The van der Waals surface area contributed by atoms with Gasteiger partial charge < -0.3 is 10.0 Å². The molecule has 1 saturated heterocycles. The van der Waals surface area contributed by atoms with Gasteiger partial charge in [0.1, 0.15) is 0 Å². The van der Waals surface area contributed by atoms with Crippen molar-refractivity contribution in [1.29, 1.82) is 0 Å². The van der Waals surface area contributed by atoms with E-state index < -0.39 is 0 Å². The van der Waals surface area contributed by atoms with Crippen molar-refractivity contribution in [2.75, 3.05) is 39.8 Å². The minimum atomic E-state index is 0.0790. The van der Waals surface area contributed by atoms with E-state index in [1.54, 1.807) is 0 Å². The molecule has 1 N–H and O–H groups in total. The van der Waals surface area contributed by atoms with Crippen LogP contribution in [0.2, 0.25) is 0 Å². The van der Waals surface area contributed by atoms with Crippen LogP contribution in [0.5, 0.6) is 0 Å². The summed E-state index contributed by atoms with van der Waals surface area (Å²) in [5.41, 5.74) is 0.0790. The lowest BCUT2D eigenvalue weighted by atomic mass is 9.87. The minimum absolute atomic E-state index is 0.0790. The smallest absolute Gasteiger partial charge is 0.0496 e. The molecule has 0 aromatic heterocycles. The van der Waals surface area contributed by atoms with Crippen LogP contribution in [-0.2, 0) is 0 Å². The lowest BCUT2D eigenvalue weighted by molar-refractivity contribution is 0.0411. The van der Waals surface area contributed by atoms with Gasteiger partial charge >= 0.3 is 0 Å². The van der Waals surface area contributed by atoms with Gasteiger partial charge in [-0.25, -0.2) is 0 Å². The van der Waals surface area contributed by atoms with Gasteiger partial charge in [0.15, 0.2) is 0 Å². The van der Waals surface area contributed by atoms with Crippen LogP contribution in [0.25, 0.3) is 0 Å². The highest BCUT2D eigenvalue weighted by molar-refractivity contribution is 4.82. The maximum absolute atomic E-state index is 9.40. The highest BCUT2D eigenvalue weighted by atomic mass is 16.3. The average molecular weight is 214 g/mol. The molecule has 0 spiro atoms. The summed E-state index contributed by atoms with van der Waals surface area (Å²) in [7, 11) is 2.19. The molecule has 1 aliphatic heterocycles. The molecule has 90 valence electrons. The van der Waals surface area contributed by atoms with Crippen LogP contribution >= 0.6 is 0 Å². The molecule has 2 unspecified atom stereocenters. The van der Waals surface area contributed by atoms with E-state index in [2.05, 4.69) is 37.6 Å². The normalized spacial score (nSPS) is 29.0. The molecular formula is C12H26N2O. The molecular weight excluding hydrogens is 188 g/mol. The molecule has 1 aliphatic rings. The molecule has 0 aliphatic carbocycles. The van der Waals surface area contributed by atoms with Gasteiger partial charge in [-0.1, -0.05) is 13.8 Å². The van der Waals surface area contributed by atoms with Crippen LogP contribution in [0.3, 0.4) is 0 Å². The summed E-state index contributed by atoms with van der Waals surface area (Å²) in [4.78, 5) is 4.89. The number of hydrogen-bond donors (Lipinski definition) is 1. The first-order chi connectivity index (χ1) is 7.00. The van der Waals surface area contributed by atoms with E-state index in [1.165, 1.54) is 0 Å². The largest absolute Gasteiger partial charge is 0.396 e. The summed E-state index contributed by atoms with van der Waals surface area (Å²) in [5.74, 6) is 0. The second-order valence-electron chi connectivity index (χ2n) is 5.39. The lowest BCUT2D eigenvalue weighted by Gasteiger charge is -2.41. The zero-order valence-electron chi connectivity index (χ0n) is 10.7. The van der Waals surface area contributed by atoms with Crippen molar-refractivity contribution in [2.24, 2.45) is 5.41 Å². The van der Waals surface area contributed by atoms with Crippen LogP contribution in [0, 0.1) is 5.41 Å². The summed E-state index contributed by atoms with van der Waals surface area (Å²) in [6.45, 7) is 11.3. The zero-order valence-corrected chi connectivity index (χ0v) is 10.7. The van der Waals surface area contributed by atoms with Gasteiger partial charge in [-0.3, -0.25) is 4.90 Å². The van der Waals surface area contributed by atoms with Crippen LogP contribution in [0.15, 0.2) is 0 Å². The van der Waals surface area contributed by atoms with Crippen LogP contribution < -0.4 is 0 Å². The topological polar surface area (TPSA) is 26.7 Å². The maximum atomic E-state index is 9.40. The Kier molecular flexibility index (Phi) is 4.56. The van der Waals surface area contributed by atoms with Crippen LogP contribution in [-0.4, -0.2) is 60.8 Å². The van der Waals surface area contributed by atoms with E-state index in [0.29, 0.717) is 12.6 Å². The van der Waals surface area contributed by atoms with Crippen molar-refractivity contribution in [3.8, 4) is 0 Å². The molecule has 0 radical (unpaired) electrons. The Bertz CT molecular complexity index is 192. The third-order valence-corrected chi connectivity index (χ3v) is 3.88. The van der Waals surface area contributed by atoms with Crippen molar-refractivity contribution < 1.29 is 5.11 Å². The molecule has 3 nitrogen and oxygen atoms in total. The van der Waals surface area contributed by atoms with E-state index >= 15 is 0 Å². The van der Waals surface area contributed by atoms with Crippen molar-refractivity contribution in [2.45, 2.75) is 33.2 Å². The summed E-state index contributed by atoms with van der Waals surface area (Å²) in [6, 6.07) is 0.638. The Morgan fingerprint density at radius 1 is 1.40 bits per heavy atom. The number of hydrogen-bond acceptors (Lipinski definition) is 3. The summed E-state index contributed by atoms with van der Waals surface area (Å²) in [6.07, 6.45) is 1.05. The quantitative estimate of drug-likeness (QED) is 0.757. The monoisotopic (exact) mass is 214 g/mol. The van der Waals surface area contributed by atoms with Crippen molar-refractivity contribution >= 4 is 0 Å². The van der Waals surface area contributed by atoms with Gasteiger partial charge in [-0.2, -0.15) is 0 Å². The maximum Gasteiger partial charge on any atom is 0.0496 e. The number of aliphatic hydroxyl groups excluding tert-OH is 1. The number of rotatable bonds is 4. The first kappa shape index (κ1) is 12.9. The summed E-state index contributed by atoms with van der Waals surface area (Å²) in [5, 5.41) is 9.40. The molecule has 0 aromatic rings. The molecule has 1 fully saturated rings. The second-order valence-corrected chi connectivity index (χ2v) is 5.39. The average Bonchev–Trinajstić information content (AvgIpc) is 2.23. The van der Waals surface area contributed by atoms with E-state index in [0.717, 1.165) is 32.6 Å². The predicted octanol–water partition coefficient (Wildman–Crippen LogP) is 1.03. The first-order valence-corrected chi connectivity index (χ1v) is 6.04. The Labute approximate surface area is 94.1 Å². The van der Waals surface area contributed by atoms with Gasteiger partial charge in [0, 0.05) is 44.2 Å². The van der Waals surface area contributed by atoms with Crippen LogP contribution in [0.1, 0.15) is 27.2 Å². The fourth-order valence-corrected chi connectivity index (χ4v) is 2.08. The summed E-state index contributed by atoms with van der Waals surface area (Å²) >= 11 is 0. The zero-order chi connectivity index (χ0) is 11.5. The molecule has 2 atom stereocenters. The van der Waals surface area contributed by atoms with Gasteiger partial charge in [0.05, 0.1) is 0 Å². The fraction of sp³-hybridized carbons (Fsp3) is 1.00. The van der Waals surface area contributed by atoms with E-state index in [1.807, 2.05) is 0 Å². The Morgan fingerprint density at radius 3 is 2.53 bits per heavy atom. The van der Waals surface area contributed by atoms with Gasteiger partial charge in [-0.05, 0) is 20.4 Å². The highest BCUT2D eigenvalue weighted by Gasteiger charge is 2.28. The molecule has 0 saturated carbocycles. The second kappa shape index (κ2) is 5.28. The van der Waals surface area contributed by atoms with Gasteiger partial charge in [0.25, 0.3) is 0 Å². The van der Waals surface area contributed by atoms with Crippen LogP contribution in [0.4, 0.5) is 0 Å². The molecule has 0 aromatic carbocycles. The standard InChI is InChI=1S/C12H26N2O/c1-5-12(3,10-15)9-14-7-6-13(4)11(2)8-14/h11,15H,5-10H2,1-4H3. The number of likely N-dealkylation sites (N-methyl/N-ethyl adjacent to an activating group) is 1. The molecule has 1 heterocycles. The van der Waals surface area contributed by atoms with Gasteiger partial charge in [-0.15, -0.1) is 0 Å². The molecule has 1 rings (SSSR count). The third-order valence-electron chi connectivity index (χ3n) is 3.88. The SMILES string of the molecule is CCC(C)(CO)CN1CCN(C)C(C)C1. The molecule has 3 heteroatoms. The molecule has 15 heavy (non-hydrogen) atoms. The third kappa shape index (κ3) is 3.44. The van der Waals surface area contributed by atoms with E-state index in [4.69, 9.17) is 0 Å². The Morgan fingerprint density at radius 2 is 2.07 bits per heavy atom. The predicted molar refractivity (Wildman–Crippen MR) is 64.0 cm³/mol. The molecule has 0 amide bonds. The minimum Gasteiger partial charge on any atom is -0.396 e. The van der Waals surface area contributed by atoms with Crippen molar-refractivity contribution in [3.05, 3.63) is 0 Å². The fourth-order valence-electron chi connectivity index (χ4n) is 2.08. The van der Waals surface area contributed by atoms with E-state index in [-0.39, 0.29) is 5.41 Å². The number of aliphatic hydroxyl groups is 1. The van der Waals surface area contributed by atoms with E-state index in [9.17, 15) is 5.11 Å². The highest BCUT2D eigenvalue weighted by Crippen LogP contribution is 2.22. The molecule has 0 bridgehead atoms. The number of piperazine rings is 1. The Balaban J connectivity index is 2.45. The van der Waals surface area contributed by atoms with Crippen molar-refractivity contribution in [1.82, 2.24) is 9.80 Å².